The number of carboxylic acids is 1. The number of nitrogens with one attached hydrogen (secondary N) is 2. The lowest BCUT2D eigenvalue weighted by atomic mass is 10.3. The molecule has 2 rings (SSSR count). The fraction of sp³-hybridized carbons (Fsp3) is 0.0833. The van der Waals surface area contributed by atoms with Crippen molar-refractivity contribution in [3.8, 4) is 0 Å². The number of hydrogen-bond donors (Lipinski definition) is 3. The van der Waals surface area contributed by atoms with Gasteiger partial charge >= 0.3 is 5.97 Å². The summed E-state index contributed by atoms with van der Waals surface area (Å²) in [7, 11) is -7.62. The van der Waals surface area contributed by atoms with Crippen LogP contribution in [0.3, 0.4) is 0 Å². The predicted octanol–water partition coefficient (Wildman–Crippen LogP) is 1.62. The van der Waals surface area contributed by atoms with Gasteiger partial charge in [0.15, 0.2) is 0 Å². The van der Waals surface area contributed by atoms with Crippen molar-refractivity contribution in [1.82, 2.24) is 0 Å². The average molecular weight is 376 g/mol. The average Bonchev–Trinajstić information content (AvgIpc) is 2.90. The summed E-state index contributed by atoms with van der Waals surface area (Å²) < 4.78 is 51.5. The highest BCUT2D eigenvalue weighted by atomic mass is 32.2. The Labute approximate surface area is 136 Å². The van der Waals surface area contributed by atoms with Crippen LogP contribution < -0.4 is 9.44 Å². The zero-order valence-electron chi connectivity index (χ0n) is 11.7. The summed E-state index contributed by atoms with van der Waals surface area (Å²) in [6.07, 6.45) is 0.941. The van der Waals surface area contributed by atoms with Crippen molar-refractivity contribution in [2.45, 2.75) is 4.21 Å². The van der Waals surface area contributed by atoms with Crippen LogP contribution >= 0.6 is 11.3 Å². The van der Waals surface area contributed by atoms with E-state index in [4.69, 9.17) is 5.11 Å². The smallest absolute Gasteiger partial charge is 0.336 e. The van der Waals surface area contributed by atoms with Crippen molar-refractivity contribution in [2.75, 3.05) is 15.7 Å². The highest BCUT2D eigenvalue weighted by molar-refractivity contribution is 7.94. The molecule has 124 valence electrons. The fourth-order valence-electron chi connectivity index (χ4n) is 1.63. The molecule has 2 aromatic rings. The quantitative estimate of drug-likeness (QED) is 0.702. The number of para-hydroxylation sites is 2. The largest absolute Gasteiger partial charge is 0.478 e. The lowest BCUT2D eigenvalue weighted by Crippen LogP contribution is -2.15. The molecule has 0 aliphatic rings. The maximum atomic E-state index is 12.3. The van der Waals surface area contributed by atoms with Gasteiger partial charge in [-0.25, -0.2) is 21.6 Å². The zero-order valence-corrected chi connectivity index (χ0v) is 14.1. The Hall–Kier alpha value is -2.11. The van der Waals surface area contributed by atoms with Crippen molar-refractivity contribution in [1.29, 1.82) is 0 Å². The van der Waals surface area contributed by atoms with E-state index in [1.807, 2.05) is 0 Å². The molecule has 11 heteroatoms. The lowest BCUT2D eigenvalue weighted by Gasteiger charge is -2.12. The van der Waals surface area contributed by atoms with Crippen molar-refractivity contribution < 1.29 is 26.7 Å². The first-order valence-electron chi connectivity index (χ1n) is 6.00. The molecule has 0 aliphatic carbocycles. The van der Waals surface area contributed by atoms with Crippen LogP contribution in [0, 0.1) is 0 Å². The molecule has 0 atom stereocenters. The molecule has 1 aromatic heterocycles. The predicted molar refractivity (Wildman–Crippen MR) is 87.0 cm³/mol. The third kappa shape index (κ3) is 4.43. The normalized spacial score (nSPS) is 11.9. The lowest BCUT2D eigenvalue weighted by molar-refractivity contribution is 0.0697. The Morgan fingerprint density at radius 2 is 1.65 bits per heavy atom. The number of sulfonamides is 2. The van der Waals surface area contributed by atoms with Gasteiger partial charge in [0.2, 0.25) is 10.0 Å². The highest BCUT2D eigenvalue weighted by Crippen LogP contribution is 2.27. The number of anilines is 2. The second-order valence-corrected chi connectivity index (χ2v) is 9.05. The Bertz CT molecular complexity index is 947. The molecule has 23 heavy (non-hydrogen) atoms. The van der Waals surface area contributed by atoms with Crippen LogP contribution in [0.4, 0.5) is 11.4 Å². The standard InChI is InChI=1S/C12H12N2O6S3/c1-22(17,18)13-9-4-2-3-5-10(9)14-23(19,20)11-6-8(7-21-11)12(15)16/h2-7,13-14H,1H3,(H,15,16). The Balaban J connectivity index is 2.35. The maximum Gasteiger partial charge on any atom is 0.336 e. The molecule has 1 aromatic carbocycles. The number of hydrogen-bond acceptors (Lipinski definition) is 6. The highest BCUT2D eigenvalue weighted by Gasteiger charge is 2.20. The summed E-state index contributed by atoms with van der Waals surface area (Å²) in [4.78, 5) is 10.8. The minimum absolute atomic E-state index is 0.0307. The minimum atomic E-state index is -4.03. The molecule has 0 unspecified atom stereocenters. The number of carboxylic acid groups (broad SMARTS) is 1. The van der Waals surface area contributed by atoms with Gasteiger partial charge in [-0.2, -0.15) is 0 Å². The van der Waals surface area contributed by atoms with Gasteiger partial charge in [-0.15, -0.1) is 11.3 Å². The third-order valence-corrected chi connectivity index (χ3v) is 5.95. The first-order valence-corrected chi connectivity index (χ1v) is 10.3. The van der Waals surface area contributed by atoms with E-state index < -0.39 is 26.0 Å². The van der Waals surface area contributed by atoms with E-state index in [1.165, 1.54) is 23.6 Å². The second-order valence-electron chi connectivity index (χ2n) is 4.48. The molecule has 0 saturated carbocycles. The molecule has 0 saturated heterocycles. The molecule has 3 N–H and O–H groups in total. The molecule has 0 aliphatic heterocycles. The van der Waals surface area contributed by atoms with Crippen molar-refractivity contribution in [2.24, 2.45) is 0 Å². The Morgan fingerprint density at radius 3 is 2.13 bits per heavy atom. The van der Waals surface area contributed by atoms with E-state index >= 15 is 0 Å². The molecule has 0 bridgehead atoms. The first kappa shape index (κ1) is 17.2. The summed E-state index contributed by atoms with van der Waals surface area (Å²) in [5, 5.41) is 10.0. The molecular formula is C12H12N2O6S3. The van der Waals surface area contributed by atoms with Crippen molar-refractivity contribution >= 4 is 48.7 Å². The van der Waals surface area contributed by atoms with Crippen LogP contribution in [-0.4, -0.2) is 34.2 Å². The SMILES string of the molecule is CS(=O)(=O)Nc1ccccc1NS(=O)(=O)c1cc(C(=O)O)cs1. The van der Waals surface area contributed by atoms with Gasteiger partial charge in [0, 0.05) is 5.38 Å². The summed E-state index contributed by atoms with van der Waals surface area (Å²) in [5.74, 6) is -1.23. The Kier molecular flexibility index (Phi) is 4.63. The van der Waals surface area contributed by atoms with Crippen molar-refractivity contribution in [3.63, 3.8) is 0 Å². The van der Waals surface area contributed by atoms with Gasteiger partial charge in [-0.05, 0) is 18.2 Å². The van der Waals surface area contributed by atoms with E-state index in [0.717, 1.165) is 23.7 Å². The van der Waals surface area contributed by atoms with Gasteiger partial charge in [-0.3, -0.25) is 9.44 Å². The monoisotopic (exact) mass is 376 g/mol. The maximum absolute atomic E-state index is 12.3. The molecule has 8 nitrogen and oxygen atoms in total. The van der Waals surface area contributed by atoms with Gasteiger partial charge in [0.05, 0.1) is 23.2 Å². The van der Waals surface area contributed by atoms with Gasteiger partial charge < -0.3 is 5.11 Å². The first-order chi connectivity index (χ1) is 10.6. The number of benzene rings is 1. The van der Waals surface area contributed by atoms with E-state index in [0.29, 0.717) is 0 Å². The topological polar surface area (TPSA) is 130 Å². The van der Waals surface area contributed by atoms with Crippen LogP contribution in [0.15, 0.2) is 39.9 Å². The molecular weight excluding hydrogens is 364 g/mol. The van der Waals surface area contributed by atoms with Crippen LogP contribution in [-0.2, 0) is 20.0 Å². The molecule has 0 fully saturated rings. The fourth-order valence-corrected chi connectivity index (χ4v) is 4.44. The Morgan fingerprint density at radius 1 is 1.09 bits per heavy atom. The van der Waals surface area contributed by atoms with Gasteiger partial charge in [-0.1, -0.05) is 12.1 Å². The number of aromatic carboxylic acids is 1. The zero-order chi connectivity index (χ0) is 17.3. The summed E-state index contributed by atoms with van der Waals surface area (Å²) in [6.45, 7) is 0. The number of rotatable bonds is 6. The summed E-state index contributed by atoms with van der Waals surface area (Å²) >= 11 is 0.753. The number of thiophene rings is 1. The van der Waals surface area contributed by atoms with Gasteiger partial charge in [0.1, 0.15) is 4.21 Å². The van der Waals surface area contributed by atoms with Crippen LogP contribution in [0.25, 0.3) is 0 Å². The third-order valence-electron chi connectivity index (χ3n) is 2.55. The minimum Gasteiger partial charge on any atom is -0.478 e. The van der Waals surface area contributed by atoms with Crippen LogP contribution in [0.5, 0.6) is 0 Å². The number of carbonyl (C=O) groups is 1. The van der Waals surface area contributed by atoms with E-state index in [9.17, 15) is 21.6 Å². The molecule has 0 spiro atoms. The molecule has 1 heterocycles. The molecule has 0 amide bonds. The second kappa shape index (κ2) is 6.18. The van der Waals surface area contributed by atoms with Crippen LogP contribution in [0.2, 0.25) is 0 Å². The summed E-state index contributed by atoms with van der Waals surface area (Å²) in [5.41, 5.74) is -0.0466. The van der Waals surface area contributed by atoms with Crippen molar-refractivity contribution in [3.05, 3.63) is 41.3 Å². The van der Waals surface area contributed by atoms with Gasteiger partial charge in [0.25, 0.3) is 10.0 Å². The van der Waals surface area contributed by atoms with E-state index in [1.54, 1.807) is 6.07 Å². The van der Waals surface area contributed by atoms with E-state index in [-0.39, 0.29) is 21.1 Å². The van der Waals surface area contributed by atoms with E-state index in [2.05, 4.69) is 9.44 Å². The van der Waals surface area contributed by atoms with Crippen LogP contribution in [0.1, 0.15) is 10.4 Å². The summed E-state index contributed by atoms with van der Waals surface area (Å²) in [6, 6.07) is 6.89. The molecule has 0 radical (unpaired) electrons.